The Hall–Kier alpha value is -1.92. The van der Waals surface area contributed by atoms with Crippen molar-refractivity contribution in [2.75, 3.05) is 0 Å². The fourth-order valence-corrected chi connectivity index (χ4v) is 1.39. The van der Waals surface area contributed by atoms with Crippen LogP contribution < -0.4 is 5.73 Å². The van der Waals surface area contributed by atoms with Gasteiger partial charge in [0.15, 0.2) is 0 Å². The molecular formula is C10H17N5O2. The number of aryl methyl sites for hydroxylation is 1. The maximum atomic E-state index is 10.4. The Bertz CT molecular complexity index is 424. The van der Waals surface area contributed by atoms with Crippen molar-refractivity contribution in [3.05, 3.63) is 22.5 Å². The van der Waals surface area contributed by atoms with Crippen LogP contribution in [0.15, 0.2) is 12.4 Å². The van der Waals surface area contributed by atoms with Gasteiger partial charge >= 0.3 is 5.69 Å². The summed E-state index contributed by atoms with van der Waals surface area (Å²) in [5.41, 5.74) is 5.13. The van der Waals surface area contributed by atoms with E-state index in [2.05, 4.69) is 5.10 Å². The van der Waals surface area contributed by atoms with Gasteiger partial charge in [0.05, 0.1) is 10.8 Å². The Morgan fingerprint density at radius 1 is 1.71 bits per heavy atom. The van der Waals surface area contributed by atoms with Crippen molar-refractivity contribution < 1.29 is 4.92 Å². The molecule has 0 spiro atoms. The fraction of sp³-hybridized carbons (Fsp3) is 0.600. The molecule has 7 nitrogen and oxygen atoms in total. The van der Waals surface area contributed by atoms with E-state index in [0.29, 0.717) is 6.54 Å². The van der Waals surface area contributed by atoms with Crippen molar-refractivity contribution in [1.82, 2.24) is 9.78 Å². The predicted molar refractivity (Wildman–Crippen MR) is 63.8 cm³/mol. The van der Waals surface area contributed by atoms with Crippen LogP contribution in [0.25, 0.3) is 0 Å². The lowest BCUT2D eigenvalue weighted by molar-refractivity contribution is -0.385. The molecule has 1 heterocycles. The Morgan fingerprint density at radius 3 is 2.82 bits per heavy atom. The van der Waals surface area contributed by atoms with Crippen LogP contribution in [-0.4, -0.2) is 20.5 Å². The highest BCUT2D eigenvalue weighted by Gasteiger charge is 2.21. The zero-order valence-electron chi connectivity index (χ0n) is 10.0. The second-order valence-electron chi connectivity index (χ2n) is 4.62. The lowest BCUT2D eigenvalue weighted by atomic mass is 9.87. The normalized spacial score (nSPS) is 11.4. The van der Waals surface area contributed by atoms with Crippen molar-refractivity contribution in [1.29, 1.82) is 5.41 Å². The smallest absolute Gasteiger partial charge is 0.306 e. The second-order valence-corrected chi connectivity index (χ2v) is 4.62. The van der Waals surface area contributed by atoms with Gasteiger partial charge in [0.1, 0.15) is 12.4 Å². The molecule has 0 amide bonds. The third-order valence-corrected chi connectivity index (χ3v) is 2.75. The van der Waals surface area contributed by atoms with E-state index in [-0.39, 0.29) is 16.9 Å². The first kappa shape index (κ1) is 13.1. The summed E-state index contributed by atoms with van der Waals surface area (Å²) in [5, 5.41) is 21.7. The van der Waals surface area contributed by atoms with E-state index in [0.717, 1.165) is 12.8 Å². The Labute approximate surface area is 99.3 Å². The maximum Gasteiger partial charge on any atom is 0.306 e. The Balaban J connectivity index is 2.46. The average Bonchev–Trinajstić information content (AvgIpc) is 2.66. The molecule has 0 bridgehead atoms. The number of nitrogens with two attached hydrogens (primary N) is 1. The van der Waals surface area contributed by atoms with E-state index in [4.69, 9.17) is 11.1 Å². The minimum Gasteiger partial charge on any atom is -0.387 e. The molecule has 0 radical (unpaired) electrons. The molecule has 0 aliphatic rings. The third kappa shape index (κ3) is 3.54. The summed E-state index contributed by atoms with van der Waals surface area (Å²) in [6, 6.07) is 0. The monoisotopic (exact) mass is 239 g/mol. The van der Waals surface area contributed by atoms with E-state index in [1.54, 1.807) is 0 Å². The molecule has 0 unspecified atom stereocenters. The molecule has 0 aromatic carbocycles. The van der Waals surface area contributed by atoms with Crippen LogP contribution in [0.1, 0.15) is 26.7 Å². The first-order valence-electron chi connectivity index (χ1n) is 5.34. The van der Waals surface area contributed by atoms with Crippen LogP contribution >= 0.6 is 0 Å². The molecule has 3 N–H and O–H groups in total. The topological polar surface area (TPSA) is 111 Å². The number of hydrogen-bond acceptors (Lipinski definition) is 4. The highest BCUT2D eigenvalue weighted by atomic mass is 16.6. The van der Waals surface area contributed by atoms with Gasteiger partial charge in [0, 0.05) is 12.0 Å². The van der Waals surface area contributed by atoms with Gasteiger partial charge in [0.2, 0.25) is 0 Å². The van der Waals surface area contributed by atoms with Crippen LogP contribution in [0.3, 0.4) is 0 Å². The zero-order chi connectivity index (χ0) is 13.1. The van der Waals surface area contributed by atoms with Crippen LogP contribution in [-0.2, 0) is 6.54 Å². The largest absolute Gasteiger partial charge is 0.387 e. The molecule has 1 rings (SSSR count). The van der Waals surface area contributed by atoms with Gasteiger partial charge in [-0.1, -0.05) is 13.8 Å². The fourth-order valence-electron chi connectivity index (χ4n) is 1.39. The summed E-state index contributed by atoms with van der Waals surface area (Å²) in [7, 11) is 0. The summed E-state index contributed by atoms with van der Waals surface area (Å²) in [5.74, 6) is 0.156. The lowest BCUT2D eigenvalue weighted by Crippen LogP contribution is -2.30. The SMILES string of the molecule is CC(C)(CCCn1cc([N+](=O)[O-])cn1)C(=N)N. The van der Waals surface area contributed by atoms with Gasteiger partial charge in [-0.15, -0.1) is 0 Å². The number of nitrogens with one attached hydrogen (secondary N) is 1. The molecule has 1 aromatic heterocycles. The molecule has 94 valence electrons. The van der Waals surface area contributed by atoms with Crippen LogP contribution in [0.2, 0.25) is 0 Å². The predicted octanol–water partition coefficient (Wildman–Crippen LogP) is 1.53. The molecule has 0 fully saturated rings. The first-order valence-corrected chi connectivity index (χ1v) is 5.34. The molecule has 0 aliphatic heterocycles. The van der Waals surface area contributed by atoms with E-state index in [9.17, 15) is 10.1 Å². The Kier molecular flexibility index (Phi) is 3.82. The molecular weight excluding hydrogens is 222 g/mol. The summed E-state index contributed by atoms with van der Waals surface area (Å²) < 4.78 is 1.54. The number of nitro groups is 1. The van der Waals surface area contributed by atoms with Gasteiger partial charge in [0.25, 0.3) is 0 Å². The molecule has 0 atom stereocenters. The standard InChI is InChI=1S/C10H17N5O2/c1-10(2,9(11)12)4-3-5-14-7-8(6-13-14)15(16)17/h6-7H,3-5H2,1-2H3,(H3,11,12). The van der Waals surface area contributed by atoms with Crippen LogP contribution in [0.5, 0.6) is 0 Å². The molecule has 0 saturated carbocycles. The maximum absolute atomic E-state index is 10.4. The molecule has 0 saturated heterocycles. The minimum absolute atomic E-state index is 0.00386. The van der Waals surface area contributed by atoms with Crippen LogP contribution in [0, 0.1) is 20.9 Å². The van der Waals surface area contributed by atoms with Crippen molar-refractivity contribution in [3.8, 4) is 0 Å². The minimum atomic E-state index is -0.469. The van der Waals surface area contributed by atoms with E-state index >= 15 is 0 Å². The summed E-state index contributed by atoms with van der Waals surface area (Å²) >= 11 is 0. The van der Waals surface area contributed by atoms with E-state index < -0.39 is 4.92 Å². The van der Waals surface area contributed by atoms with Crippen molar-refractivity contribution in [3.63, 3.8) is 0 Å². The molecule has 17 heavy (non-hydrogen) atoms. The first-order chi connectivity index (χ1) is 7.83. The van der Waals surface area contributed by atoms with E-state index in [1.807, 2.05) is 13.8 Å². The average molecular weight is 239 g/mol. The van der Waals surface area contributed by atoms with Crippen molar-refractivity contribution in [2.45, 2.75) is 33.2 Å². The number of hydrogen-bond donors (Lipinski definition) is 2. The summed E-state index contributed by atoms with van der Waals surface area (Å²) in [6.07, 6.45) is 4.15. The number of rotatable bonds is 6. The third-order valence-electron chi connectivity index (χ3n) is 2.75. The highest BCUT2D eigenvalue weighted by Crippen LogP contribution is 2.22. The molecule has 1 aromatic rings. The number of amidine groups is 1. The van der Waals surface area contributed by atoms with Crippen molar-refractivity contribution in [2.24, 2.45) is 11.1 Å². The van der Waals surface area contributed by atoms with Gasteiger partial charge in [-0.3, -0.25) is 20.2 Å². The van der Waals surface area contributed by atoms with Gasteiger partial charge in [-0.05, 0) is 12.8 Å². The number of aromatic nitrogens is 2. The van der Waals surface area contributed by atoms with Crippen LogP contribution in [0.4, 0.5) is 5.69 Å². The summed E-state index contributed by atoms with van der Waals surface area (Å²) in [4.78, 5) is 9.97. The molecule has 7 heteroatoms. The molecule has 0 aliphatic carbocycles. The van der Waals surface area contributed by atoms with E-state index in [1.165, 1.54) is 17.1 Å². The van der Waals surface area contributed by atoms with Crippen molar-refractivity contribution >= 4 is 11.5 Å². The Morgan fingerprint density at radius 2 is 2.35 bits per heavy atom. The summed E-state index contributed by atoms with van der Waals surface area (Å²) in [6.45, 7) is 4.40. The van der Waals surface area contributed by atoms with Gasteiger partial charge in [-0.2, -0.15) is 5.10 Å². The lowest BCUT2D eigenvalue weighted by Gasteiger charge is -2.22. The highest BCUT2D eigenvalue weighted by molar-refractivity contribution is 5.82. The van der Waals surface area contributed by atoms with Gasteiger partial charge < -0.3 is 5.73 Å². The second kappa shape index (κ2) is 4.94. The zero-order valence-corrected chi connectivity index (χ0v) is 10.0. The quantitative estimate of drug-likeness (QED) is 0.339. The number of nitrogens with zero attached hydrogens (tertiary/aromatic N) is 3. The van der Waals surface area contributed by atoms with Gasteiger partial charge in [-0.25, -0.2) is 0 Å².